The molecule has 3 N–H and O–H groups in total. The summed E-state index contributed by atoms with van der Waals surface area (Å²) < 4.78 is 0. The van der Waals surface area contributed by atoms with E-state index in [-0.39, 0.29) is 22.9 Å². The van der Waals surface area contributed by atoms with Gasteiger partial charge in [0.15, 0.2) is 17.3 Å². The summed E-state index contributed by atoms with van der Waals surface area (Å²) in [6.45, 7) is 1.78. The normalized spacial score (nSPS) is 10.4. The lowest BCUT2D eigenvalue weighted by Gasteiger charge is -2.05. The highest BCUT2D eigenvalue weighted by molar-refractivity contribution is 7.99. The first-order valence-electron chi connectivity index (χ1n) is 5.57. The van der Waals surface area contributed by atoms with Gasteiger partial charge in [0.1, 0.15) is 5.75 Å². The standard InChI is InChI=1S/C12H11N3O4S/c1-6-2-7(4-16)10(19)8(3-6)11-13-12(15-14-11)20-5-9(17)18/h2-4,19H,5H2,1H3,(H,17,18)(H,13,14,15). The van der Waals surface area contributed by atoms with E-state index in [9.17, 15) is 14.7 Å². The third-order valence-electron chi connectivity index (χ3n) is 2.46. The quantitative estimate of drug-likeness (QED) is 0.564. The number of carbonyl (C=O) groups is 2. The molecular formula is C12H11N3O4S. The van der Waals surface area contributed by atoms with Gasteiger partial charge in [0.25, 0.3) is 0 Å². The lowest BCUT2D eigenvalue weighted by atomic mass is 10.1. The van der Waals surface area contributed by atoms with E-state index in [1.807, 2.05) is 0 Å². The van der Waals surface area contributed by atoms with E-state index in [4.69, 9.17) is 5.11 Å². The summed E-state index contributed by atoms with van der Waals surface area (Å²) in [5.74, 6) is -1.01. The monoisotopic (exact) mass is 293 g/mol. The molecule has 104 valence electrons. The summed E-state index contributed by atoms with van der Waals surface area (Å²) >= 11 is 0.984. The number of hydrogen-bond donors (Lipinski definition) is 3. The molecule has 0 unspecified atom stereocenters. The van der Waals surface area contributed by atoms with Crippen LogP contribution >= 0.6 is 11.8 Å². The molecule has 0 fully saturated rings. The van der Waals surface area contributed by atoms with E-state index >= 15 is 0 Å². The van der Waals surface area contributed by atoms with Crippen LogP contribution in [0.4, 0.5) is 0 Å². The molecule has 0 aliphatic heterocycles. The van der Waals surface area contributed by atoms with Crippen LogP contribution in [0, 0.1) is 6.92 Å². The fourth-order valence-corrected chi connectivity index (χ4v) is 2.17. The molecule has 2 rings (SSSR count). The molecule has 8 heteroatoms. The summed E-state index contributed by atoms with van der Waals surface area (Å²) in [5.41, 5.74) is 1.30. The number of hydrogen-bond acceptors (Lipinski definition) is 6. The highest BCUT2D eigenvalue weighted by atomic mass is 32.2. The Morgan fingerprint density at radius 1 is 1.45 bits per heavy atom. The van der Waals surface area contributed by atoms with Crippen LogP contribution < -0.4 is 0 Å². The number of benzene rings is 1. The number of thioether (sulfide) groups is 1. The van der Waals surface area contributed by atoms with E-state index in [0.29, 0.717) is 17.0 Å². The second kappa shape index (κ2) is 5.74. The van der Waals surface area contributed by atoms with Crippen LogP contribution in [-0.2, 0) is 4.79 Å². The molecule has 0 saturated heterocycles. The minimum absolute atomic E-state index is 0.145. The minimum atomic E-state index is -0.963. The number of phenols is 1. The van der Waals surface area contributed by atoms with Crippen LogP contribution in [0.2, 0.25) is 0 Å². The number of rotatable bonds is 5. The van der Waals surface area contributed by atoms with Gasteiger partial charge in [-0.3, -0.25) is 9.59 Å². The van der Waals surface area contributed by atoms with Crippen LogP contribution in [0.15, 0.2) is 17.3 Å². The molecule has 2 aromatic rings. The maximum Gasteiger partial charge on any atom is 0.313 e. The molecular weight excluding hydrogens is 282 g/mol. The van der Waals surface area contributed by atoms with Crippen LogP contribution in [0.3, 0.4) is 0 Å². The van der Waals surface area contributed by atoms with Crippen LogP contribution in [0.1, 0.15) is 15.9 Å². The molecule has 0 saturated carbocycles. The van der Waals surface area contributed by atoms with Gasteiger partial charge in [0, 0.05) is 0 Å². The van der Waals surface area contributed by atoms with Crippen molar-refractivity contribution in [3.05, 3.63) is 23.3 Å². The Kier molecular flexibility index (Phi) is 4.04. The number of aryl methyl sites for hydroxylation is 1. The predicted molar refractivity (Wildman–Crippen MR) is 72.0 cm³/mol. The third-order valence-corrected chi connectivity index (χ3v) is 3.31. The number of aliphatic carboxylic acids is 1. The molecule has 0 aliphatic carbocycles. The van der Waals surface area contributed by atoms with Gasteiger partial charge in [-0.25, -0.2) is 0 Å². The van der Waals surface area contributed by atoms with Crippen LogP contribution in [0.5, 0.6) is 5.75 Å². The van der Waals surface area contributed by atoms with Gasteiger partial charge in [-0.05, 0) is 24.6 Å². The fourth-order valence-electron chi connectivity index (χ4n) is 1.64. The van der Waals surface area contributed by atoms with Crippen molar-refractivity contribution in [2.75, 3.05) is 5.75 Å². The van der Waals surface area contributed by atoms with Gasteiger partial charge in [-0.1, -0.05) is 11.8 Å². The van der Waals surface area contributed by atoms with Crippen molar-refractivity contribution < 1.29 is 19.8 Å². The first-order chi connectivity index (χ1) is 9.51. The van der Waals surface area contributed by atoms with E-state index in [0.717, 1.165) is 17.3 Å². The molecule has 0 radical (unpaired) electrons. The number of nitrogens with zero attached hydrogens (tertiary/aromatic N) is 2. The molecule has 1 aromatic heterocycles. The average molecular weight is 293 g/mol. The molecule has 20 heavy (non-hydrogen) atoms. The van der Waals surface area contributed by atoms with Gasteiger partial charge in [0.2, 0.25) is 0 Å². The lowest BCUT2D eigenvalue weighted by Crippen LogP contribution is -1.97. The van der Waals surface area contributed by atoms with Crippen molar-refractivity contribution in [2.45, 2.75) is 12.1 Å². The van der Waals surface area contributed by atoms with E-state index in [1.165, 1.54) is 0 Å². The summed E-state index contributed by atoms with van der Waals surface area (Å²) in [5, 5.41) is 26.5. The smallest absolute Gasteiger partial charge is 0.313 e. The Morgan fingerprint density at radius 2 is 2.20 bits per heavy atom. The molecule has 0 bridgehead atoms. The number of carbonyl (C=O) groups excluding carboxylic acids is 1. The van der Waals surface area contributed by atoms with Crippen molar-refractivity contribution in [1.82, 2.24) is 15.2 Å². The van der Waals surface area contributed by atoms with Crippen molar-refractivity contribution in [1.29, 1.82) is 0 Å². The Balaban J connectivity index is 2.34. The van der Waals surface area contributed by atoms with E-state index in [2.05, 4.69) is 15.2 Å². The Bertz CT molecular complexity index is 669. The SMILES string of the molecule is Cc1cc(C=O)c(O)c(-c2nnc(SCC(=O)O)[nH]2)c1. The zero-order valence-electron chi connectivity index (χ0n) is 10.5. The Labute approximate surface area is 118 Å². The Morgan fingerprint density at radius 3 is 2.85 bits per heavy atom. The number of aldehydes is 1. The fraction of sp³-hybridized carbons (Fsp3) is 0.167. The molecule has 7 nitrogen and oxygen atoms in total. The number of phenolic OH excluding ortho intramolecular Hbond substituents is 1. The molecule has 0 atom stereocenters. The van der Waals surface area contributed by atoms with Crippen molar-refractivity contribution in [3.63, 3.8) is 0 Å². The highest BCUT2D eigenvalue weighted by Crippen LogP contribution is 2.31. The molecule has 0 spiro atoms. The summed E-state index contributed by atoms with van der Waals surface area (Å²) in [7, 11) is 0. The van der Waals surface area contributed by atoms with Crippen LogP contribution in [-0.4, -0.2) is 43.4 Å². The van der Waals surface area contributed by atoms with Crippen LogP contribution in [0.25, 0.3) is 11.4 Å². The van der Waals surface area contributed by atoms with Crippen molar-refractivity contribution in [2.24, 2.45) is 0 Å². The van der Waals surface area contributed by atoms with E-state index in [1.54, 1.807) is 19.1 Å². The topological polar surface area (TPSA) is 116 Å². The van der Waals surface area contributed by atoms with E-state index < -0.39 is 5.97 Å². The molecule has 0 aliphatic rings. The number of aromatic nitrogens is 3. The predicted octanol–water partition coefficient (Wildman–Crippen LogP) is 1.47. The van der Waals surface area contributed by atoms with Gasteiger partial charge in [0.05, 0.1) is 16.9 Å². The third kappa shape index (κ3) is 2.97. The van der Waals surface area contributed by atoms with Gasteiger partial charge in [-0.15, -0.1) is 10.2 Å². The summed E-state index contributed by atoms with van der Waals surface area (Å²) in [6, 6.07) is 3.22. The largest absolute Gasteiger partial charge is 0.506 e. The number of aromatic hydroxyl groups is 1. The maximum atomic E-state index is 10.9. The van der Waals surface area contributed by atoms with Gasteiger partial charge >= 0.3 is 5.97 Å². The second-order valence-electron chi connectivity index (χ2n) is 4.03. The summed E-state index contributed by atoms with van der Waals surface area (Å²) in [4.78, 5) is 24.1. The zero-order chi connectivity index (χ0) is 14.7. The van der Waals surface area contributed by atoms with Gasteiger partial charge < -0.3 is 15.2 Å². The maximum absolute atomic E-state index is 10.9. The molecule has 1 heterocycles. The number of aromatic amines is 1. The Hall–Kier alpha value is -2.35. The number of nitrogens with one attached hydrogen (secondary N) is 1. The van der Waals surface area contributed by atoms with Gasteiger partial charge in [-0.2, -0.15) is 0 Å². The summed E-state index contributed by atoms with van der Waals surface area (Å²) in [6.07, 6.45) is 0.558. The first kappa shape index (κ1) is 14.1. The highest BCUT2D eigenvalue weighted by Gasteiger charge is 2.14. The average Bonchev–Trinajstić information content (AvgIpc) is 2.87. The molecule has 0 amide bonds. The minimum Gasteiger partial charge on any atom is -0.506 e. The number of H-pyrrole nitrogens is 1. The lowest BCUT2D eigenvalue weighted by molar-refractivity contribution is -0.133. The second-order valence-corrected chi connectivity index (χ2v) is 4.99. The molecule has 1 aromatic carbocycles. The zero-order valence-corrected chi connectivity index (χ0v) is 11.3. The number of carboxylic acid groups (broad SMARTS) is 1. The van der Waals surface area contributed by atoms with Crippen molar-refractivity contribution >= 4 is 24.0 Å². The van der Waals surface area contributed by atoms with Crippen molar-refractivity contribution in [3.8, 4) is 17.1 Å². The number of carboxylic acids is 1. The first-order valence-corrected chi connectivity index (χ1v) is 6.56.